The Morgan fingerprint density at radius 1 is 0.306 bits per heavy atom. The molecule has 6 N–H and O–H groups in total. The predicted octanol–water partition coefficient (Wildman–Crippen LogP) is 1.06. The van der Waals surface area contributed by atoms with E-state index >= 15 is 0 Å². The summed E-state index contributed by atoms with van der Waals surface area (Å²) in [4.78, 5) is 5.44. The van der Waals surface area contributed by atoms with Gasteiger partial charge in [-0.2, -0.15) is 0 Å². The molecule has 0 aromatic heterocycles. The highest BCUT2D eigenvalue weighted by Crippen LogP contribution is 2.06. The van der Waals surface area contributed by atoms with Crippen LogP contribution < -0.4 is 31.9 Å². The van der Waals surface area contributed by atoms with E-state index in [2.05, 4.69) is 41.7 Å². The highest BCUT2D eigenvalue weighted by Gasteiger charge is 2.07. The minimum atomic E-state index is 1.09. The molecule has 0 amide bonds. The van der Waals surface area contributed by atoms with Crippen LogP contribution in [0.4, 0.5) is 0 Å². The molecule has 2 heterocycles. The molecule has 36 heavy (non-hydrogen) atoms. The Kier molecular flexibility index (Phi) is 22.1. The summed E-state index contributed by atoms with van der Waals surface area (Å²) in [7, 11) is 0. The lowest BCUT2D eigenvalue weighted by atomic mass is 10.1. The molecule has 214 valence electrons. The molecule has 2 saturated heterocycles. The number of nitrogens with zero attached hydrogens (tertiary/aromatic N) is 2. The number of unbranched alkanes of at least 4 members (excludes halogenated alkanes) is 3. The van der Waals surface area contributed by atoms with Gasteiger partial charge in [0.05, 0.1) is 0 Å². The summed E-state index contributed by atoms with van der Waals surface area (Å²) in [6.07, 6.45) is 13.0. The second kappa shape index (κ2) is 25.0. The minimum absolute atomic E-state index is 1.09. The lowest BCUT2D eigenvalue weighted by molar-refractivity contribution is 0.248. The molecule has 0 bridgehead atoms. The Morgan fingerprint density at radius 3 is 0.917 bits per heavy atom. The van der Waals surface area contributed by atoms with Gasteiger partial charge in [0.15, 0.2) is 0 Å². The van der Waals surface area contributed by atoms with Crippen LogP contribution in [0.5, 0.6) is 0 Å². The van der Waals surface area contributed by atoms with E-state index in [9.17, 15) is 0 Å². The summed E-state index contributed by atoms with van der Waals surface area (Å²) in [5.74, 6) is 0. The Bertz CT molecular complexity index is 381. The van der Waals surface area contributed by atoms with Gasteiger partial charge in [-0.15, -0.1) is 0 Å². The highest BCUT2D eigenvalue weighted by molar-refractivity contribution is 4.66. The van der Waals surface area contributed by atoms with Crippen LogP contribution in [-0.2, 0) is 0 Å². The Hall–Kier alpha value is -0.320. The third-order valence-electron chi connectivity index (χ3n) is 7.38. The van der Waals surface area contributed by atoms with Crippen LogP contribution in [-0.4, -0.2) is 128 Å². The molecule has 2 rings (SSSR count). The fourth-order valence-electron chi connectivity index (χ4n) is 5.19. The van der Waals surface area contributed by atoms with Crippen molar-refractivity contribution in [1.82, 2.24) is 41.7 Å². The zero-order valence-corrected chi connectivity index (χ0v) is 23.7. The summed E-state index contributed by atoms with van der Waals surface area (Å²) < 4.78 is 0. The van der Waals surface area contributed by atoms with Gasteiger partial charge in [-0.05, 0) is 143 Å². The molecule has 0 unspecified atom stereocenters. The first kappa shape index (κ1) is 31.9. The van der Waals surface area contributed by atoms with E-state index in [1.807, 2.05) is 0 Å². The van der Waals surface area contributed by atoms with Crippen molar-refractivity contribution in [3.8, 4) is 0 Å². The second-order valence-electron chi connectivity index (χ2n) is 10.7. The van der Waals surface area contributed by atoms with Crippen molar-refractivity contribution in [1.29, 1.82) is 0 Å². The number of rotatable bonds is 7. The zero-order valence-electron chi connectivity index (χ0n) is 23.7. The van der Waals surface area contributed by atoms with E-state index in [0.717, 1.165) is 78.5 Å². The topological polar surface area (TPSA) is 78.7 Å². The largest absolute Gasteiger partial charge is 0.317 e. The maximum Gasteiger partial charge on any atom is 0.00767 e. The molecular weight excluding hydrogens is 448 g/mol. The maximum absolute atomic E-state index is 3.62. The lowest BCUT2D eigenvalue weighted by Gasteiger charge is -2.23. The van der Waals surface area contributed by atoms with E-state index in [1.165, 1.54) is 103 Å². The average molecular weight is 511 g/mol. The lowest BCUT2D eigenvalue weighted by Crippen LogP contribution is -2.32. The fraction of sp³-hybridized carbons (Fsp3) is 1.00. The molecule has 0 aliphatic carbocycles. The van der Waals surface area contributed by atoms with Crippen molar-refractivity contribution in [3.63, 3.8) is 0 Å². The SMILES string of the molecule is C(CCCN1CCCNCCCNCCNCCC1)CCN1CCCNCCCNCCNCCC1. The van der Waals surface area contributed by atoms with Crippen LogP contribution in [0.1, 0.15) is 64.2 Å². The summed E-state index contributed by atoms with van der Waals surface area (Å²) in [6.45, 7) is 21.0. The van der Waals surface area contributed by atoms with Crippen LogP contribution in [0.2, 0.25) is 0 Å². The minimum Gasteiger partial charge on any atom is -0.317 e. The number of hydrogen-bond donors (Lipinski definition) is 6. The molecule has 0 atom stereocenters. The van der Waals surface area contributed by atoms with Gasteiger partial charge in [-0.1, -0.05) is 12.8 Å². The molecule has 0 radical (unpaired) electrons. The van der Waals surface area contributed by atoms with Crippen LogP contribution >= 0.6 is 0 Å². The van der Waals surface area contributed by atoms with E-state index in [1.54, 1.807) is 0 Å². The van der Waals surface area contributed by atoms with Crippen molar-refractivity contribution in [2.45, 2.75) is 64.2 Å². The van der Waals surface area contributed by atoms with Gasteiger partial charge in [-0.3, -0.25) is 0 Å². The molecular formula is C28H62N8. The number of nitrogens with one attached hydrogen (secondary N) is 6. The van der Waals surface area contributed by atoms with Crippen LogP contribution in [0.15, 0.2) is 0 Å². The van der Waals surface area contributed by atoms with Gasteiger partial charge in [0.25, 0.3) is 0 Å². The Labute approximate surface area is 223 Å². The molecule has 2 aliphatic heterocycles. The maximum atomic E-state index is 3.62. The fourth-order valence-corrected chi connectivity index (χ4v) is 5.19. The van der Waals surface area contributed by atoms with Crippen LogP contribution in [0.25, 0.3) is 0 Å². The zero-order chi connectivity index (χ0) is 25.2. The first-order valence-electron chi connectivity index (χ1n) is 15.6. The van der Waals surface area contributed by atoms with Crippen molar-refractivity contribution >= 4 is 0 Å². The Morgan fingerprint density at radius 2 is 0.583 bits per heavy atom. The first-order chi connectivity index (χ1) is 17.9. The number of hydrogen-bond acceptors (Lipinski definition) is 8. The third-order valence-corrected chi connectivity index (χ3v) is 7.38. The molecule has 0 aromatic carbocycles. The van der Waals surface area contributed by atoms with Crippen molar-refractivity contribution in [3.05, 3.63) is 0 Å². The third kappa shape index (κ3) is 19.7. The second-order valence-corrected chi connectivity index (χ2v) is 10.7. The van der Waals surface area contributed by atoms with Crippen molar-refractivity contribution < 1.29 is 0 Å². The van der Waals surface area contributed by atoms with E-state index in [-0.39, 0.29) is 0 Å². The monoisotopic (exact) mass is 511 g/mol. The highest BCUT2D eigenvalue weighted by atomic mass is 15.1. The standard InChI is InChI=1S/C28H62N8/c1(3-23-35-25-7-15-29-11-5-13-31-19-21-33-17-9-27-35)2-4-24-36-26-8-16-30-12-6-14-32-20-22-34-18-10-28-36/h29-34H,1-28H2. The molecule has 8 heteroatoms. The summed E-state index contributed by atoms with van der Waals surface area (Å²) in [6, 6.07) is 0. The van der Waals surface area contributed by atoms with Gasteiger partial charge in [0.1, 0.15) is 0 Å². The van der Waals surface area contributed by atoms with Gasteiger partial charge in [0.2, 0.25) is 0 Å². The van der Waals surface area contributed by atoms with E-state index < -0.39 is 0 Å². The van der Waals surface area contributed by atoms with Gasteiger partial charge >= 0.3 is 0 Å². The van der Waals surface area contributed by atoms with E-state index in [4.69, 9.17) is 0 Å². The van der Waals surface area contributed by atoms with Gasteiger partial charge in [0, 0.05) is 26.2 Å². The first-order valence-corrected chi connectivity index (χ1v) is 15.6. The molecule has 8 nitrogen and oxygen atoms in total. The normalized spacial score (nSPS) is 23.7. The molecule has 0 spiro atoms. The quantitative estimate of drug-likeness (QED) is 0.284. The molecule has 2 fully saturated rings. The average Bonchev–Trinajstić information content (AvgIpc) is 2.91. The van der Waals surface area contributed by atoms with Crippen LogP contribution in [0.3, 0.4) is 0 Å². The Balaban J connectivity index is 1.57. The predicted molar refractivity (Wildman–Crippen MR) is 156 cm³/mol. The summed E-state index contributed by atoms with van der Waals surface area (Å²) in [5.41, 5.74) is 0. The molecule has 0 aromatic rings. The van der Waals surface area contributed by atoms with Crippen LogP contribution in [0, 0.1) is 0 Å². The van der Waals surface area contributed by atoms with Crippen molar-refractivity contribution in [2.75, 3.05) is 118 Å². The summed E-state index contributed by atoms with van der Waals surface area (Å²) >= 11 is 0. The van der Waals surface area contributed by atoms with E-state index in [0.29, 0.717) is 0 Å². The van der Waals surface area contributed by atoms with Gasteiger partial charge in [-0.25, -0.2) is 0 Å². The smallest absolute Gasteiger partial charge is 0.00767 e. The summed E-state index contributed by atoms with van der Waals surface area (Å²) in [5, 5.41) is 21.5. The van der Waals surface area contributed by atoms with Gasteiger partial charge < -0.3 is 41.7 Å². The molecule has 2 aliphatic rings. The van der Waals surface area contributed by atoms with Crippen molar-refractivity contribution in [2.24, 2.45) is 0 Å². The molecule has 0 saturated carbocycles.